The third-order valence-corrected chi connectivity index (χ3v) is 6.03. The van der Waals surface area contributed by atoms with E-state index in [2.05, 4.69) is 5.10 Å². The van der Waals surface area contributed by atoms with Gasteiger partial charge in [0.25, 0.3) is 0 Å². The summed E-state index contributed by atoms with van der Waals surface area (Å²) in [6, 6.07) is 7.65. The zero-order chi connectivity index (χ0) is 16.3. The van der Waals surface area contributed by atoms with Crippen LogP contribution in [0, 0.1) is 11.7 Å². The van der Waals surface area contributed by atoms with Crippen LogP contribution in [0.1, 0.15) is 37.8 Å². The molecule has 0 radical (unpaired) electrons. The van der Waals surface area contributed by atoms with Crippen molar-refractivity contribution in [2.75, 3.05) is 5.75 Å². The van der Waals surface area contributed by atoms with E-state index >= 15 is 0 Å². The van der Waals surface area contributed by atoms with Crippen LogP contribution in [0.15, 0.2) is 36.5 Å². The number of sulfone groups is 1. The first-order chi connectivity index (χ1) is 11.0. The third kappa shape index (κ3) is 4.41. The second-order valence-corrected chi connectivity index (χ2v) is 8.40. The predicted octanol–water partition coefficient (Wildman–Crippen LogP) is 3.51. The molecule has 4 nitrogen and oxygen atoms in total. The van der Waals surface area contributed by atoms with Crippen molar-refractivity contribution in [3.8, 4) is 5.69 Å². The van der Waals surface area contributed by atoms with Crippen molar-refractivity contribution in [1.82, 2.24) is 9.78 Å². The largest absolute Gasteiger partial charge is 0.241 e. The van der Waals surface area contributed by atoms with Crippen LogP contribution < -0.4 is 0 Å². The average Bonchev–Trinajstić information content (AvgIpc) is 2.96. The fourth-order valence-electron chi connectivity index (χ4n) is 3.17. The molecule has 2 aromatic rings. The molecular formula is C17H21FN2O2S. The Hall–Kier alpha value is -1.69. The summed E-state index contributed by atoms with van der Waals surface area (Å²) in [4.78, 5) is 0. The van der Waals surface area contributed by atoms with Crippen LogP contribution in [0.2, 0.25) is 0 Å². The fourth-order valence-corrected chi connectivity index (χ4v) is 4.95. The van der Waals surface area contributed by atoms with Crippen LogP contribution >= 0.6 is 0 Å². The highest BCUT2D eigenvalue weighted by molar-refractivity contribution is 7.90. The maximum absolute atomic E-state index is 12.9. The van der Waals surface area contributed by atoms with Crippen LogP contribution in [-0.2, 0) is 15.6 Å². The Morgan fingerprint density at radius 1 is 1.09 bits per heavy atom. The summed E-state index contributed by atoms with van der Waals surface area (Å²) in [6.45, 7) is 0. The van der Waals surface area contributed by atoms with E-state index in [-0.39, 0.29) is 17.3 Å². The molecule has 0 saturated heterocycles. The molecule has 0 aliphatic heterocycles. The first-order valence-electron chi connectivity index (χ1n) is 8.03. The average molecular weight is 336 g/mol. The van der Waals surface area contributed by atoms with Crippen molar-refractivity contribution < 1.29 is 12.8 Å². The summed E-state index contributed by atoms with van der Waals surface area (Å²) < 4.78 is 39.2. The minimum absolute atomic E-state index is 0.0301. The molecule has 0 unspecified atom stereocenters. The molecule has 1 aliphatic carbocycles. The van der Waals surface area contributed by atoms with Gasteiger partial charge in [-0.1, -0.05) is 19.3 Å². The van der Waals surface area contributed by atoms with E-state index in [0.29, 0.717) is 17.3 Å². The van der Waals surface area contributed by atoms with Crippen LogP contribution in [-0.4, -0.2) is 24.0 Å². The molecule has 1 aliphatic rings. The van der Waals surface area contributed by atoms with Crippen molar-refractivity contribution >= 4 is 9.84 Å². The monoisotopic (exact) mass is 336 g/mol. The van der Waals surface area contributed by atoms with Gasteiger partial charge >= 0.3 is 0 Å². The second kappa shape index (κ2) is 6.83. The first-order valence-corrected chi connectivity index (χ1v) is 9.85. The quantitative estimate of drug-likeness (QED) is 0.839. The maximum Gasteiger partial charge on any atom is 0.156 e. The Morgan fingerprint density at radius 3 is 2.48 bits per heavy atom. The summed E-state index contributed by atoms with van der Waals surface area (Å²) >= 11 is 0. The fraction of sp³-hybridized carbons (Fsp3) is 0.471. The van der Waals surface area contributed by atoms with Gasteiger partial charge in [0.2, 0.25) is 0 Å². The molecule has 1 aromatic heterocycles. The summed E-state index contributed by atoms with van der Waals surface area (Å²) in [5.41, 5.74) is 1.24. The van der Waals surface area contributed by atoms with Crippen molar-refractivity contribution in [1.29, 1.82) is 0 Å². The normalized spacial score (nSPS) is 16.6. The molecule has 124 valence electrons. The zero-order valence-corrected chi connectivity index (χ0v) is 13.8. The van der Waals surface area contributed by atoms with E-state index in [0.717, 1.165) is 25.7 Å². The van der Waals surface area contributed by atoms with Gasteiger partial charge in [-0.3, -0.25) is 0 Å². The van der Waals surface area contributed by atoms with Gasteiger partial charge in [0.1, 0.15) is 5.82 Å². The smallest absolute Gasteiger partial charge is 0.156 e. The SMILES string of the molecule is O=S(=O)(Cc1ccn(-c2ccc(F)cc2)n1)CC1CCCCC1. The topological polar surface area (TPSA) is 52.0 Å². The van der Waals surface area contributed by atoms with Gasteiger partial charge < -0.3 is 0 Å². The van der Waals surface area contributed by atoms with E-state index in [1.807, 2.05) is 0 Å². The molecule has 1 heterocycles. The van der Waals surface area contributed by atoms with Gasteiger partial charge in [-0.15, -0.1) is 0 Å². The molecule has 0 bridgehead atoms. The number of aromatic nitrogens is 2. The van der Waals surface area contributed by atoms with Crippen molar-refractivity contribution in [2.24, 2.45) is 5.92 Å². The summed E-state index contributed by atoms with van der Waals surface area (Å²) in [5.74, 6) is 0.220. The minimum Gasteiger partial charge on any atom is -0.241 e. The number of rotatable bonds is 5. The predicted molar refractivity (Wildman–Crippen MR) is 87.6 cm³/mol. The lowest BCUT2D eigenvalue weighted by molar-refractivity contribution is 0.385. The summed E-state index contributed by atoms with van der Waals surface area (Å²) in [7, 11) is -3.15. The van der Waals surface area contributed by atoms with E-state index in [1.165, 1.54) is 18.6 Å². The summed E-state index contributed by atoms with van der Waals surface area (Å²) in [6.07, 6.45) is 7.24. The van der Waals surface area contributed by atoms with E-state index in [9.17, 15) is 12.8 Å². The lowest BCUT2D eigenvalue weighted by Gasteiger charge is -2.20. The number of hydrogen-bond donors (Lipinski definition) is 0. The Kier molecular flexibility index (Phi) is 4.80. The highest BCUT2D eigenvalue weighted by Crippen LogP contribution is 2.25. The molecule has 0 spiro atoms. The molecule has 6 heteroatoms. The standard InChI is InChI=1S/C17H21FN2O2S/c18-15-6-8-17(9-7-15)20-11-10-16(19-20)13-23(21,22)12-14-4-2-1-3-5-14/h6-11,14H,1-5,12-13H2. The molecule has 0 amide bonds. The first kappa shape index (κ1) is 16.2. The molecule has 3 rings (SSSR count). The third-order valence-electron chi connectivity index (χ3n) is 4.32. The van der Waals surface area contributed by atoms with Crippen LogP contribution in [0.4, 0.5) is 4.39 Å². The zero-order valence-electron chi connectivity index (χ0n) is 13.0. The van der Waals surface area contributed by atoms with Crippen molar-refractivity contribution in [3.05, 3.63) is 48.0 Å². The minimum atomic E-state index is -3.15. The van der Waals surface area contributed by atoms with Gasteiger partial charge in [-0.25, -0.2) is 17.5 Å². The Bertz CT molecular complexity index is 747. The summed E-state index contributed by atoms with van der Waals surface area (Å²) in [5, 5.41) is 4.30. The van der Waals surface area contributed by atoms with E-state index < -0.39 is 9.84 Å². The van der Waals surface area contributed by atoms with Crippen molar-refractivity contribution in [2.45, 2.75) is 37.9 Å². The molecule has 0 N–H and O–H groups in total. The second-order valence-electron chi connectivity index (χ2n) is 6.29. The Labute approximate surface area is 136 Å². The lowest BCUT2D eigenvalue weighted by atomic mass is 9.91. The Morgan fingerprint density at radius 2 is 1.78 bits per heavy atom. The molecule has 1 saturated carbocycles. The van der Waals surface area contributed by atoms with Crippen LogP contribution in [0.25, 0.3) is 5.69 Å². The highest BCUT2D eigenvalue weighted by atomic mass is 32.2. The number of hydrogen-bond acceptors (Lipinski definition) is 3. The number of nitrogens with zero attached hydrogens (tertiary/aromatic N) is 2. The number of benzene rings is 1. The molecule has 1 aromatic carbocycles. The van der Waals surface area contributed by atoms with Crippen molar-refractivity contribution in [3.63, 3.8) is 0 Å². The Balaban J connectivity index is 1.66. The molecular weight excluding hydrogens is 315 g/mol. The van der Waals surface area contributed by atoms with Crippen LogP contribution in [0.5, 0.6) is 0 Å². The van der Waals surface area contributed by atoms with Crippen LogP contribution in [0.3, 0.4) is 0 Å². The highest BCUT2D eigenvalue weighted by Gasteiger charge is 2.22. The lowest BCUT2D eigenvalue weighted by Crippen LogP contribution is -2.20. The van der Waals surface area contributed by atoms with Gasteiger partial charge in [0.15, 0.2) is 9.84 Å². The molecule has 0 atom stereocenters. The van der Waals surface area contributed by atoms with Gasteiger partial charge in [0.05, 0.1) is 22.9 Å². The van der Waals surface area contributed by atoms with Gasteiger partial charge in [-0.05, 0) is 49.1 Å². The maximum atomic E-state index is 12.9. The van der Waals surface area contributed by atoms with E-state index in [1.54, 1.807) is 29.1 Å². The van der Waals surface area contributed by atoms with E-state index in [4.69, 9.17) is 0 Å². The molecule has 23 heavy (non-hydrogen) atoms. The van der Waals surface area contributed by atoms with Gasteiger partial charge in [-0.2, -0.15) is 5.10 Å². The molecule has 1 fully saturated rings. The number of halogens is 1. The van der Waals surface area contributed by atoms with Gasteiger partial charge in [0, 0.05) is 6.20 Å².